The largest absolute Gasteiger partial charge is 0.371 e. The van der Waals surface area contributed by atoms with Crippen LogP contribution in [-0.4, -0.2) is 29.4 Å². The highest BCUT2D eigenvalue weighted by molar-refractivity contribution is 5.97. The van der Waals surface area contributed by atoms with Gasteiger partial charge in [0, 0.05) is 24.8 Å². The van der Waals surface area contributed by atoms with Crippen molar-refractivity contribution < 1.29 is 4.79 Å². The second-order valence-corrected chi connectivity index (χ2v) is 6.22. The van der Waals surface area contributed by atoms with E-state index in [-0.39, 0.29) is 11.5 Å². The molecule has 0 spiro atoms. The zero-order valence-electron chi connectivity index (χ0n) is 14.0. The summed E-state index contributed by atoms with van der Waals surface area (Å²) < 4.78 is 0. The minimum Gasteiger partial charge on any atom is -0.371 e. The van der Waals surface area contributed by atoms with Crippen LogP contribution in [0.4, 0.5) is 0 Å². The first-order valence-electron chi connectivity index (χ1n) is 8.33. The fourth-order valence-electron chi connectivity index (χ4n) is 3.04. The van der Waals surface area contributed by atoms with Gasteiger partial charge in [0.05, 0.1) is 0 Å². The number of piperidine rings is 1. The molecule has 1 heterocycles. The summed E-state index contributed by atoms with van der Waals surface area (Å²) in [5, 5.41) is 12.2. The van der Waals surface area contributed by atoms with Gasteiger partial charge in [-0.3, -0.25) is 4.79 Å². The maximum atomic E-state index is 12.2. The third-order valence-corrected chi connectivity index (χ3v) is 4.45. The van der Waals surface area contributed by atoms with E-state index in [1.54, 1.807) is 6.20 Å². The molecule has 1 aromatic rings. The first-order chi connectivity index (χ1) is 11.1. The lowest BCUT2D eigenvalue weighted by atomic mass is 9.98. The van der Waals surface area contributed by atoms with Crippen molar-refractivity contribution in [2.75, 3.05) is 6.54 Å². The van der Waals surface area contributed by atoms with E-state index in [2.05, 4.69) is 24.1 Å². The third kappa shape index (κ3) is 4.85. The molecule has 0 bridgehead atoms. The van der Waals surface area contributed by atoms with E-state index in [0.29, 0.717) is 18.6 Å². The highest BCUT2D eigenvalue weighted by atomic mass is 16.1. The van der Waals surface area contributed by atoms with Crippen LogP contribution < -0.4 is 5.32 Å². The molecular weight excluding hydrogens is 286 g/mol. The maximum Gasteiger partial charge on any atom is 0.263 e. The lowest BCUT2D eigenvalue weighted by Crippen LogP contribution is -2.40. The van der Waals surface area contributed by atoms with Crippen molar-refractivity contribution in [1.82, 2.24) is 10.2 Å². The molecule has 2 rings (SSSR count). The summed E-state index contributed by atoms with van der Waals surface area (Å²) in [4.78, 5) is 14.4. The molecule has 1 fully saturated rings. The van der Waals surface area contributed by atoms with Crippen LogP contribution in [0, 0.1) is 11.3 Å². The number of benzene rings is 1. The van der Waals surface area contributed by atoms with Gasteiger partial charge in [0.1, 0.15) is 11.6 Å². The number of nitrogens with one attached hydrogen (secondary N) is 1. The molecule has 23 heavy (non-hydrogen) atoms. The van der Waals surface area contributed by atoms with E-state index in [0.717, 1.165) is 19.3 Å². The molecule has 0 saturated carbocycles. The Morgan fingerprint density at radius 2 is 1.96 bits per heavy atom. The zero-order valence-corrected chi connectivity index (χ0v) is 14.0. The molecule has 1 N–H and O–H groups in total. The molecule has 0 aliphatic carbocycles. The highest BCUT2D eigenvalue weighted by Gasteiger charge is 2.23. The van der Waals surface area contributed by atoms with Gasteiger partial charge in [-0.25, -0.2) is 0 Å². The van der Waals surface area contributed by atoms with Crippen LogP contribution >= 0.6 is 0 Å². The fourth-order valence-corrected chi connectivity index (χ4v) is 3.04. The van der Waals surface area contributed by atoms with Gasteiger partial charge in [-0.15, -0.1) is 0 Å². The van der Waals surface area contributed by atoms with Gasteiger partial charge in [0.25, 0.3) is 5.91 Å². The van der Waals surface area contributed by atoms with Gasteiger partial charge in [-0.2, -0.15) is 5.26 Å². The number of nitriles is 1. The molecule has 4 nitrogen and oxygen atoms in total. The second-order valence-electron chi connectivity index (χ2n) is 6.22. The number of hydrogen-bond donors (Lipinski definition) is 1. The van der Waals surface area contributed by atoms with E-state index in [9.17, 15) is 10.1 Å². The minimum atomic E-state index is -0.284. The van der Waals surface area contributed by atoms with Gasteiger partial charge in [0.2, 0.25) is 0 Å². The quantitative estimate of drug-likeness (QED) is 0.672. The number of rotatable bonds is 5. The summed E-state index contributed by atoms with van der Waals surface area (Å²) in [6.07, 6.45) is 5.93. The minimum absolute atomic E-state index is 0.193. The summed E-state index contributed by atoms with van der Waals surface area (Å²) in [5.41, 5.74) is 1.37. The molecular formula is C19H25N3O. The number of carbonyl (C=O) groups is 1. The molecule has 1 aliphatic heterocycles. The highest BCUT2D eigenvalue weighted by Crippen LogP contribution is 2.23. The Hall–Kier alpha value is -2.28. The fraction of sp³-hybridized carbons (Fsp3) is 0.474. The predicted molar refractivity (Wildman–Crippen MR) is 91.5 cm³/mol. The molecule has 1 amide bonds. The molecule has 1 aliphatic rings. The Kier molecular flexibility index (Phi) is 6.22. The van der Waals surface area contributed by atoms with E-state index in [4.69, 9.17) is 0 Å². The molecule has 122 valence electrons. The Labute approximate surface area is 138 Å². The Morgan fingerprint density at radius 3 is 2.57 bits per heavy atom. The summed E-state index contributed by atoms with van der Waals surface area (Å²) in [6, 6.07) is 12.8. The lowest BCUT2D eigenvalue weighted by molar-refractivity contribution is -0.117. The number of amides is 1. The second kappa shape index (κ2) is 8.38. The average Bonchev–Trinajstić information content (AvgIpc) is 2.55. The number of nitrogens with zero attached hydrogens (tertiary/aromatic N) is 2. The monoisotopic (exact) mass is 311 g/mol. The van der Waals surface area contributed by atoms with E-state index in [1.165, 1.54) is 12.0 Å². The Morgan fingerprint density at radius 1 is 1.30 bits per heavy atom. The smallest absolute Gasteiger partial charge is 0.263 e. The van der Waals surface area contributed by atoms with Gasteiger partial charge in [0.15, 0.2) is 0 Å². The molecule has 2 atom stereocenters. The average molecular weight is 311 g/mol. The van der Waals surface area contributed by atoms with E-state index < -0.39 is 0 Å². The predicted octanol–water partition coefficient (Wildman–Crippen LogP) is 3.02. The summed E-state index contributed by atoms with van der Waals surface area (Å²) in [5.74, 6) is -0.284. The summed E-state index contributed by atoms with van der Waals surface area (Å²) in [7, 11) is 0. The van der Waals surface area contributed by atoms with Crippen LogP contribution in [0.3, 0.4) is 0 Å². The van der Waals surface area contributed by atoms with Crippen molar-refractivity contribution in [3.63, 3.8) is 0 Å². The van der Waals surface area contributed by atoms with Crippen LogP contribution in [-0.2, 0) is 11.2 Å². The van der Waals surface area contributed by atoms with E-state index >= 15 is 0 Å². The Balaban J connectivity index is 1.93. The molecule has 2 unspecified atom stereocenters. The van der Waals surface area contributed by atoms with Gasteiger partial charge in [-0.1, -0.05) is 30.3 Å². The van der Waals surface area contributed by atoms with Crippen LogP contribution in [0.5, 0.6) is 0 Å². The topological polar surface area (TPSA) is 56.1 Å². The van der Waals surface area contributed by atoms with Gasteiger partial charge >= 0.3 is 0 Å². The molecule has 1 aromatic carbocycles. The van der Waals surface area contributed by atoms with Crippen LogP contribution in [0.1, 0.15) is 38.7 Å². The first kappa shape index (κ1) is 17.1. The SMILES string of the molecule is CC1CCCC(C)N1/C=C(/C#N)C(=O)NCCc1ccccc1. The van der Waals surface area contributed by atoms with Crippen molar-refractivity contribution in [3.8, 4) is 6.07 Å². The van der Waals surface area contributed by atoms with Crippen molar-refractivity contribution in [1.29, 1.82) is 5.26 Å². The third-order valence-electron chi connectivity index (χ3n) is 4.45. The van der Waals surface area contributed by atoms with Gasteiger partial charge < -0.3 is 10.2 Å². The number of likely N-dealkylation sites (tertiary alicyclic amines) is 1. The van der Waals surface area contributed by atoms with Crippen molar-refractivity contribution >= 4 is 5.91 Å². The molecule has 1 saturated heterocycles. The molecule has 0 aromatic heterocycles. The van der Waals surface area contributed by atoms with Gasteiger partial charge in [-0.05, 0) is 45.1 Å². The molecule has 4 heteroatoms. The van der Waals surface area contributed by atoms with Crippen LogP contribution in [0.15, 0.2) is 42.1 Å². The molecule has 0 radical (unpaired) electrons. The Bertz CT molecular complexity index is 578. The van der Waals surface area contributed by atoms with Crippen molar-refractivity contribution in [2.45, 2.75) is 51.6 Å². The summed E-state index contributed by atoms with van der Waals surface area (Å²) in [6.45, 7) is 4.83. The van der Waals surface area contributed by atoms with E-state index in [1.807, 2.05) is 36.4 Å². The normalized spacial score (nSPS) is 21.6. The summed E-state index contributed by atoms with van der Waals surface area (Å²) >= 11 is 0. The maximum absolute atomic E-state index is 12.2. The lowest BCUT2D eigenvalue weighted by Gasteiger charge is -2.38. The standard InChI is InChI=1S/C19H25N3O/c1-15-7-6-8-16(2)22(15)14-18(13-20)19(23)21-12-11-17-9-4-3-5-10-17/h3-5,9-10,14-16H,6-8,11-12H2,1-2H3,(H,21,23)/b18-14-. The van der Waals surface area contributed by atoms with Crippen LogP contribution in [0.25, 0.3) is 0 Å². The first-order valence-corrected chi connectivity index (χ1v) is 8.33. The van der Waals surface area contributed by atoms with Crippen molar-refractivity contribution in [2.24, 2.45) is 0 Å². The zero-order chi connectivity index (χ0) is 16.7. The number of hydrogen-bond acceptors (Lipinski definition) is 3. The number of carbonyl (C=O) groups excluding carboxylic acids is 1. The van der Waals surface area contributed by atoms with Crippen molar-refractivity contribution in [3.05, 3.63) is 47.7 Å². The van der Waals surface area contributed by atoms with Crippen LogP contribution in [0.2, 0.25) is 0 Å².